The molecule has 0 unspecified atom stereocenters. The quantitative estimate of drug-likeness (QED) is 0.414. The van der Waals surface area contributed by atoms with E-state index in [1.165, 1.54) is 31.4 Å². The van der Waals surface area contributed by atoms with Crippen molar-refractivity contribution in [1.29, 1.82) is 0 Å². The smallest absolute Gasteiger partial charge is 0.337 e. The van der Waals surface area contributed by atoms with Gasteiger partial charge in [-0.05, 0) is 36.2 Å². The van der Waals surface area contributed by atoms with Gasteiger partial charge in [-0.3, -0.25) is 4.79 Å². The normalized spacial score (nSPS) is 23.8. The Balaban J connectivity index is 1.68. The van der Waals surface area contributed by atoms with E-state index in [-0.39, 0.29) is 29.5 Å². The summed E-state index contributed by atoms with van der Waals surface area (Å²) >= 11 is 0. The topological polar surface area (TPSA) is 91.0 Å². The van der Waals surface area contributed by atoms with Crippen molar-refractivity contribution in [2.45, 2.75) is 30.9 Å². The first-order valence-electron chi connectivity index (χ1n) is 9.67. The number of carbonyl (C=O) groups excluding carboxylic acids is 2. The van der Waals surface area contributed by atoms with Crippen molar-refractivity contribution in [2.24, 2.45) is 16.6 Å². The third-order valence-electron chi connectivity index (χ3n) is 5.71. The minimum Gasteiger partial charge on any atom is -0.465 e. The van der Waals surface area contributed by atoms with E-state index in [1.807, 2.05) is 0 Å². The number of fused-ring (bicyclic) bond motifs is 1. The van der Waals surface area contributed by atoms with Crippen molar-refractivity contribution in [1.82, 2.24) is 0 Å². The molecule has 4 rings (SSSR count). The molecule has 168 valence electrons. The lowest BCUT2D eigenvalue weighted by Crippen LogP contribution is -2.43. The summed E-state index contributed by atoms with van der Waals surface area (Å²) in [5.74, 6) is -4.76. The van der Waals surface area contributed by atoms with Gasteiger partial charge in [-0.1, -0.05) is 12.1 Å². The van der Waals surface area contributed by atoms with Gasteiger partial charge in [0.05, 0.1) is 12.7 Å². The van der Waals surface area contributed by atoms with E-state index < -0.39 is 59.0 Å². The van der Waals surface area contributed by atoms with Crippen LogP contribution in [0.3, 0.4) is 0 Å². The lowest BCUT2D eigenvalue weighted by Gasteiger charge is -2.33. The highest BCUT2D eigenvalue weighted by Gasteiger charge is 2.64. The van der Waals surface area contributed by atoms with Crippen LogP contribution in [-0.4, -0.2) is 37.4 Å². The number of esters is 1. The third kappa shape index (κ3) is 3.59. The summed E-state index contributed by atoms with van der Waals surface area (Å²) in [7, 11) is 1.22. The number of alkyl halides is 2. The average molecular weight is 450 g/mol. The van der Waals surface area contributed by atoms with Crippen LogP contribution in [0.15, 0.2) is 41.4 Å². The molecule has 0 amide bonds. The van der Waals surface area contributed by atoms with Gasteiger partial charge in [0.25, 0.3) is 12.4 Å². The van der Waals surface area contributed by atoms with Gasteiger partial charge in [0.15, 0.2) is 23.0 Å². The summed E-state index contributed by atoms with van der Waals surface area (Å²) in [6.07, 6.45) is -4.04. The standard InChI is InChI=1S/C22H18F4N2O4/c1-31-19(30)12-4-2-11(3-5-12)16(29)8-10-6-14(18(24)15(23)7-10)22(20(25)26)13-9-17(13)32-21(27)28-22/h2-7,13,17,20H,8-9H2,1H3,(H2,27,28)/t13-,17+,22-/m1/s1. The van der Waals surface area contributed by atoms with Crippen LogP contribution in [-0.2, 0) is 21.4 Å². The second-order valence-electron chi connectivity index (χ2n) is 7.68. The first-order valence-corrected chi connectivity index (χ1v) is 9.67. The zero-order chi connectivity index (χ0) is 23.2. The fourth-order valence-corrected chi connectivity index (χ4v) is 4.04. The number of benzene rings is 2. The van der Waals surface area contributed by atoms with Crippen LogP contribution in [0, 0.1) is 17.6 Å². The van der Waals surface area contributed by atoms with E-state index in [0.717, 1.165) is 12.1 Å². The number of amidine groups is 1. The SMILES string of the molecule is COC(=O)c1ccc(C(=O)Cc2cc(F)c(F)c([C@]3(C(F)F)N=C(N)O[C@H]4C[C@H]43)c2)cc1. The number of carbonyl (C=O) groups is 2. The Labute approximate surface area is 180 Å². The Kier molecular flexibility index (Phi) is 5.39. The van der Waals surface area contributed by atoms with Gasteiger partial charge in [0.2, 0.25) is 0 Å². The Morgan fingerprint density at radius 1 is 1.22 bits per heavy atom. The summed E-state index contributed by atoms with van der Waals surface area (Å²) in [4.78, 5) is 27.9. The summed E-state index contributed by atoms with van der Waals surface area (Å²) in [5, 5.41) is 0. The van der Waals surface area contributed by atoms with Gasteiger partial charge >= 0.3 is 5.97 Å². The van der Waals surface area contributed by atoms with Crippen LogP contribution in [0.4, 0.5) is 17.6 Å². The lowest BCUT2D eigenvalue weighted by molar-refractivity contribution is 0.0172. The number of hydrogen-bond acceptors (Lipinski definition) is 6. The van der Waals surface area contributed by atoms with Gasteiger partial charge < -0.3 is 15.2 Å². The van der Waals surface area contributed by atoms with E-state index >= 15 is 0 Å². The predicted molar refractivity (Wildman–Crippen MR) is 104 cm³/mol. The Morgan fingerprint density at radius 2 is 1.88 bits per heavy atom. The van der Waals surface area contributed by atoms with E-state index in [1.54, 1.807) is 0 Å². The van der Waals surface area contributed by atoms with Crippen molar-refractivity contribution in [3.8, 4) is 0 Å². The summed E-state index contributed by atoms with van der Waals surface area (Å²) in [6.45, 7) is 0. The number of Topliss-reactive ketones (excluding diaryl/α,β-unsaturated/α-hetero) is 1. The molecule has 1 heterocycles. The number of nitrogens with zero attached hydrogens (tertiary/aromatic N) is 1. The molecule has 2 N–H and O–H groups in total. The van der Waals surface area contributed by atoms with Gasteiger partial charge in [-0.25, -0.2) is 27.3 Å². The number of aliphatic imine (C=N–C) groups is 1. The molecule has 0 saturated heterocycles. The van der Waals surface area contributed by atoms with Crippen LogP contribution >= 0.6 is 0 Å². The molecule has 1 fully saturated rings. The minimum absolute atomic E-state index is 0.00145. The molecule has 1 aliphatic heterocycles. The van der Waals surface area contributed by atoms with Crippen LogP contribution in [0.25, 0.3) is 0 Å². The predicted octanol–water partition coefficient (Wildman–Crippen LogP) is 3.37. The Morgan fingerprint density at radius 3 is 2.50 bits per heavy atom. The third-order valence-corrected chi connectivity index (χ3v) is 5.71. The van der Waals surface area contributed by atoms with E-state index in [0.29, 0.717) is 0 Å². The molecule has 1 saturated carbocycles. The molecule has 0 radical (unpaired) electrons. The van der Waals surface area contributed by atoms with Gasteiger partial charge in [0, 0.05) is 23.5 Å². The number of ketones is 1. The van der Waals surface area contributed by atoms with Crippen molar-refractivity contribution in [3.05, 3.63) is 70.3 Å². The zero-order valence-electron chi connectivity index (χ0n) is 16.8. The fourth-order valence-electron chi connectivity index (χ4n) is 4.04. The molecular formula is C22H18F4N2O4. The largest absolute Gasteiger partial charge is 0.465 e. The molecule has 0 bridgehead atoms. The van der Waals surface area contributed by atoms with Gasteiger partial charge in [-0.15, -0.1) is 0 Å². The number of halogens is 4. The Hall–Kier alpha value is -3.43. The summed E-state index contributed by atoms with van der Waals surface area (Å²) in [6, 6.07) is 6.83. The molecule has 6 nitrogen and oxygen atoms in total. The number of ether oxygens (including phenoxy) is 2. The fraction of sp³-hybridized carbons (Fsp3) is 0.318. The molecule has 3 atom stereocenters. The molecule has 0 aromatic heterocycles. The molecule has 1 aliphatic carbocycles. The number of rotatable bonds is 6. The maximum Gasteiger partial charge on any atom is 0.337 e. The number of methoxy groups -OCH3 is 1. The van der Waals surface area contributed by atoms with Crippen molar-refractivity contribution < 1.29 is 36.6 Å². The summed E-state index contributed by atoms with van der Waals surface area (Å²) < 4.78 is 67.2. The molecule has 2 aromatic rings. The summed E-state index contributed by atoms with van der Waals surface area (Å²) in [5.41, 5.74) is 2.90. The minimum atomic E-state index is -3.18. The second-order valence-corrected chi connectivity index (χ2v) is 7.68. The average Bonchev–Trinajstić information content (AvgIpc) is 3.54. The molecule has 2 aromatic carbocycles. The highest BCUT2D eigenvalue weighted by atomic mass is 19.3. The van der Waals surface area contributed by atoms with Crippen molar-refractivity contribution >= 4 is 17.8 Å². The van der Waals surface area contributed by atoms with Crippen molar-refractivity contribution in [3.63, 3.8) is 0 Å². The highest BCUT2D eigenvalue weighted by Crippen LogP contribution is 2.56. The lowest BCUT2D eigenvalue weighted by atomic mass is 9.83. The molecule has 10 heteroatoms. The number of nitrogens with two attached hydrogens (primary N) is 1. The van der Waals surface area contributed by atoms with Gasteiger partial charge in [0.1, 0.15) is 6.10 Å². The second kappa shape index (κ2) is 7.92. The maximum atomic E-state index is 14.7. The molecule has 2 aliphatic rings. The first-order chi connectivity index (χ1) is 15.2. The van der Waals surface area contributed by atoms with E-state index in [9.17, 15) is 27.2 Å². The maximum absolute atomic E-state index is 14.7. The highest BCUT2D eigenvalue weighted by molar-refractivity contribution is 5.98. The monoisotopic (exact) mass is 450 g/mol. The van der Waals surface area contributed by atoms with Crippen LogP contribution in [0.2, 0.25) is 0 Å². The molecular weight excluding hydrogens is 432 g/mol. The van der Waals surface area contributed by atoms with Crippen LogP contribution in [0.5, 0.6) is 0 Å². The van der Waals surface area contributed by atoms with Gasteiger partial charge in [-0.2, -0.15) is 0 Å². The van der Waals surface area contributed by atoms with Crippen LogP contribution < -0.4 is 5.73 Å². The Bertz CT molecular complexity index is 1120. The molecule has 32 heavy (non-hydrogen) atoms. The number of hydrogen-bond donors (Lipinski definition) is 1. The first kappa shape index (κ1) is 21.8. The van der Waals surface area contributed by atoms with Crippen molar-refractivity contribution in [2.75, 3.05) is 7.11 Å². The van der Waals surface area contributed by atoms with E-state index in [2.05, 4.69) is 9.73 Å². The zero-order valence-corrected chi connectivity index (χ0v) is 16.8. The van der Waals surface area contributed by atoms with E-state index in [4.69, 9.17) is 10.5 Å². The van der Waals surface area contributed by atoms with Crippen LogP contribution in [0.1, 0.15) is 38.3 Å². The molecule has 0 spiro atoms.